The molecule has 1 aromatic heterocycles. The van der Waals surface area contributed by atoms with Crippen LogP contribution in [0.4, 0.5) is 9.52 Å². The largest absolute Gasteiger partial charge is 0.302 e. The van der Waals surface area contributed by atoms with Gasteiger partial charge in [-0.3, -0.25) is 4.79 Å². The molecule has 0 spiro atoms. The van der Waals surface area contributed by atoms with Crippen LogP contribution in [0.3, 0.4) is 0 Å². The Morgan fingerprint density at radius 2 is 2.05 bits per heavy atom. The number of rotatable bonds is 3. The maximum absolute atomic E-state index is 13.2. The van der Waals surface area contributed by atoms with Gasteiger partial charge < -0.3 is 5.32 Å². The van der Waals surface area contributed by atoms with E-state index in [0.29, 0.717) is 17.1 Å². The van der Waals surface area contributed by atoms with Gasteiger partial charge in [0.05, 0.1) is 16.6 Å². The highest BCUT2D eigenvalue weighted by Gasteiger charge is 2.10. The average Bonchev–Trinajstić information content (AvgIpc) is 2.84. The molecule has 2 aromatic carbocycles. The minimum absolute atomic E-state index is 0.117. The van der Waals surface area contributed by atoms with Gasteiger partial charge in [-0.2, -0.15) is 0 Å². The highest BCUT2D eigenvalue weighted by molar-refractivity contribution is 7.22. The monoisotopic (exact) mass is 314 g/mol. The molecule has 0 aliphatic carbocycles. The predicted octanol–water partition coefficient (Wildman–Crippen LogP) is 4.23. The van der Waals surface area contributed by atoms with Crippen LogP contribution in [0, 0.1) is 19.7 Å². The number of hydrogen-bond donors (Lipinski definition) is 1. The summed E-state index contributed by atoms with van der Waals surface area (Å²) in [5, 5.41) is 3.29. The highest BCUT2D eigenvalue weighted by atomic mass is 32.1. The first kappa shape index (κ1) is 14.7. The number of benzene rings is 2. The summed E-state index contributed by atoms with van der Waals surface area (Å²) in [5.74, 6) is -0.419. The maximum atomic E-state index is 13.2. The maximum Gasteiger partial charge on any atom is 0.230 e. The van der Waals surface area contributed by atoms with Crippen LogP contribution in [0.15, 0.2) is 36.4 Å². The van der Waals surface area contributed by atoms with Crippen LogP contribution in [-0.4, -0.2) is 10.9 Å². The third kappa shape index (κ3) is 3.14. The molecule has 22 heavy (non-hydrogen) atoms. The summed E-state index contributed by atoms with van der Waals surface area (Å²) in [5.41, 5.74) is 3.91. The molecular weight excluding hydrogens is 299 g/mol. The lowest BCUT2D eigenvalue weighted by molar-refractivity contribution is -0.115. The molecule has 112 valence electrons. The molecule has 1 amide bonds. The zero-order valence-corrected chi connectivity index (χ0v) is 13.1. The van der Waals surface area contributed by atoms with E-state index in [0.717, 1.165) is 21.4 Å². The number of nitrogens with one attached hydrogen (secondary N) is 1. The van der Waals surface area contributed by atoms with Crippen LogP contribution in [0.25, 0.3) is 10.2 Å². The quantitative estimate of drug-likeness (QED) is 0.786. The van der Waals surface area contributed by atoms with Crippen molar-refractivity contribution in [3.63, 3.8) is 0 Å². The lowest BCUT2D eigenvalue weighted by Gasteiger charge is -2.06. The van der Waals surface area contributed by atoms with Crippen molar-refractivity contribution in [3.8, 4) is 0 Å². The molecule has 0 unspecified atom stereocenters. The second-order valence-corrected chi connectivity index (χ2v) is 6.32. The molecule has 0 bridgehead atoms. The molecule has 5 heteroatoms. The van der Waals surface area contributed by atoms with Crippen LogP contribution in [-0.2, 0) is 11.2 Å². The van der Waals surface area contributed by atoms with Crippen LogP contribution in [0.2, 0.25) is 0 Å². The Morgan fingerprint density at radius 3 is 2.86 bits per heavy atom. The van der Waals surface area contributed by atoms with E-state index in [-0.39, 0.29) is 11.7 Å². The average molecular weight is 314 g/mol. The summed E-state index contributed by atoms with van der Waals surface area (Å²) in [6.07, 6.45) is 0.303. The van der Waals surface area contributed by atoms with Gasteiger partial charge in [0.15, 0.2) is 5.13 Å². The van der Waals surface area contributed by atoms with E-state index in [4.69, 9.17) is 0 Å². The number of halogens is 1. The Balaban J connectivity index is 1.76. The predicted molar refractivity (Wildman–Crippen MR) is 87.8 cm³/mol. The van der Waals surface area contributed by atoms with Crippen LogP contribution in [0.1, 0.15) is 16.7 Å². The first-order valence-corrected chi connectivity index (χ1v) is 7.75. The Morgan fingerprint density at radius 1 is 1.23 bits per heavy atom. The SMILES string of the molecule is Cc1ccc(C)c(CC(=O)Nc2nc3ccc(F)cc3s2)c1. The molecule has 0 atom stereocenters. The number of amides is 1. The zero-order chi connectivity index (χ0) is 15.7. The van der Waals surface area contributed by atoms with E-state index in [1.165, 1.54) is 23.5 Å². The van der Waals surface area contributed by atoms with Gasteiger partial charge in [0, 0.05) is 0 Å². The van der Waals surface area contributed by atoms with Gasteiger partial charge in [-0.05, 0) is 43.2 Å². The Labute approximate surface area is 131 Å². The summed E-state index contributed by atoms with van der Waals surface area (Å²) in [4.78, 5) is 16.5. The van der Waals surface area contributed by atoms with E-state index in [1.54, 1.807) is 6.07 Å². The summed E-state index contributed by atoms with van der Waals surface area (Å²) in [7, 11) is 0. The molecule has 3 aromatic rings. The molecule has 0 aliphatic heterocycles. The van der Waals surface area contributed by atoms with Gasteiger partial charge in [-0.1, -0.05) is 35.1 Å². The lowest BCUT2D eigenvalue weighted by atomic mass is 10.0. The fraction of sp³-hybridized carbons (Fsp3) is 0.176. The van der Waals surface area contributed by atoms with Gasteiger partial charge in [-0.15, -0.1) is 0 Å². The number of hydrogen-bond acceptors (Lipinski definition) is 3. The lowest BCUT2D eigenvalue weighted by Crippen LogP contribution is -2.14. The second-order valence-electron chi connectivity index (χ2n) is 5.29. The van der Waals surface area contributed by atoms with Crippen molar-refractivity contribution in [1.29, 1.82) is 0 Å². The number of thiazole rings is 1. The molecule has 0 saturated carbocycles. The van der Waals surface area contributed by atoms with Crippen molar-refractivity contribution in [3.05, 3.63) is 58.9 Å². The zero-order valence-electron chi connectivity index (χ0n) is 12.3. The third-order valence-corrected chi connectivity index (χ3v) is 4.39. The number of carbonyl (C=O) groups is 1. The molecule has 0 fully saturated rings. The van der Waals surface area contributed by atoms with E-state index < -0.39 is 0 Å². The Bertz CT molecular complexity index is 857. The number of nitrogens with zero attached hydrogens (tertiary/aromatic N) is 1. The normalized spacial score (nSPS) is 10.9. The molecule has 3 nitrogen and oxygen atoms in total. The molecule has 1 heterocycles. The Hall–Kier alpha value is -2.27. The number of carbonyl (C=O) groups excluding carboxylic acids is 1. The van der Waals surface area contributed by atoms with Gasteiger partial charge >= 0.3 is 0 Å². The molecule has 1 N–H and O–H groups in total. The standard InChI is InChI=1S/C17H15FN2OS/c1-10-3-4-11(2)12(7-10)8-16(21)20-17-19-14-6-5-13(18)9-15(14)22-17/h3-7,9H,8H2,1-2H3,(H,19,20,21). The topological polar surface area (TPSA) is 42.0 Å². The van der Waals surface area contributed by atoms with Gasteiger partial charge in [0.25, 0.3) is 0 Å². The second kappa shape index (κ2) is 5.85. The van der Waals surface area contributed by atoms with Crippen molar-refractivity contribution in [2.45, 2.75) is 20.3 Å². The fourth-order valence-electron chi connectivity index (χ4n) is 2.28. The first-order chi connectivity index (χ1) is 10.5. The highest BCUT2D eigenvalue weighted by Crippen LogP contribution is 2.26. The van der Waals surface area contributed by atoms with Crippen molar-refractivity contribution in [2.75, 3.05) is 5.32 Å². The van der Waals surface area contributed by atoms with Gasteiger partial charge in [0.1, 0.15) is 5.82 Å². The van der Waals surface area contributed by atoms with E-state index in [1.807, 2.05) is 32.0 Å². The van der Waals surface area contributed by atoms with Crippen molar-refractivity contribution >= 4 is 32.6 Å². The molecule has 3 rings (SSSR count). The number of fused-ring (bicyclic) bond motifs is 1. The summed E-state index contributed by atoms with van der Waals surface area (Å²) in [6, 6.07) is 10.5. The van der Waals surface area contributed by atoms with Crippen LogP contribution >= 0.6 is 11.3 Å². The van der Waals surface area contributed by atoms with Crippen LogP contribution < -0.4 is 5.32 Å². The fourth-order valence-corrected chi connectivity index (χ4v) is 3.19. The third-order valence-electron chi connectivity index (χ3n) is 3.45. The van der Waals surface area contributed by atoms with Gasteiger partial charge in [0.2, 0.25) is 5.91 Å². The van der Waals surface area contributed by atoms with Crippen LogP contribution in [0.5, 0.6) is 0 Å². The van der Waals surface area contributed by atoms with E-state index >= 15 is 0 Å². The van der Waals surface area contributed by atoms with Crippen molar-refractivity contribution in [2.24, 2.45) is 0 Å². The number of anilines is 1. The molecular formula is C17H15FN2OS. The number of aromatic nitrogens is 1. The Kier molecular flexibility index (Phi) is 3.90. The first-order valence-electron chi connectivity index (χ1n) is 6.93. The number of aryl methyl sites for hydroxylation is 2. The summed E-state index contributed by atoms with van der Waals surface area (Å²) in [6.45, 7) is 3.99. The van der Waals surface area contributed by atoms with E-state index in [2.05, 4.69) is 10.3 Å². The van der Waals surface area contributed by atoms with E-state index in [9.17, 15) is 9.18 Å². The smallest absolute Gasteiger partial charge is 0.230 e. The van der Waals surface area contributed by atoms with Gasteiger partial charge in [-0.25, -0.2) is 9.37 Å². The van der Waals surface area contributed by atoms with Crippen molar-refractivity contribution < 1.29 is 9.18 Å². The minimum atomic E-state index is -0.301. The summed E-state index contributed by atoms with van der Waals surface area (Å²) >= 11 is 1.27. The molecule has 0 aliphatic rings. The molecule has 0 radical (unpaired) electrons. The summed E-state index contributed by atoms with van der Waals surface area (Å²) < 4.78 is 13.9. The molecule has 0 saturated heterocycles. The van der Waals surface area contributed by atoms with Crippen molar-refractivity contribution in [1.82, 2.24) is 4.98 Å². The minimum Gasteiger partial charge on any atom is -0.302 e.